The van der Waals surface area contributed by atoms with Crippen LogP contribution in [0.5, 0.6) is 0 Å². The van der Waals surface area contributed by atoms with Crippen molar-refractivity contribution in [2.24, 2.45) is 0 Å². The molecule has 0 aliphatic rings. The fourth-order valence-corrected chi connectivity index (χ4v) is 1.52. The molecule has 0 heterocycles. The quantitative estimate of drug-likeness (QED) is 0.699. The molecule has 1 rings (SSSR count). The van der Waals surface area contributed by atoms with Gasteiger partial charge in [-0.3, -0.25) is 0 Å². The number of aliphatic hydroxyl groups excluding tert-OH is 1. The van der Waals surface area contributed by atoms with E-state index in [2.05, 4.69) is 26.6 Å². The Morgan fingerprint density at radius 1 is 1.35 bits per heavy atom. The van der Waals surface area contributed by atoms with E-state index in [0.717, 1.165) is 4.47 Å². The number of amides is 2. The minimum Gasteiger partial charge on any atom is -0.394 e. The SMILES string of the molecule is O=C(NCCOCCO)Nc1ccccc1Br. The Kier molecular flexibility index (Phi) is 6.61. The van der Waals surface area contributed by atoms with Crippen molar-refractivity contribution in [3.63, 3.8) is 0 Å². The van der Waals surface area contributed by atoms with Gasteiger partial charge in [0.25, 0.3) is 0 Å². The molecular weight excluding hydrogens is 288 g/mol. The maximum Gasteiger partial charge on any atom is 0.319 e. The van der Waals surface area contributed by atoms with Gasteiger partial charge in [-0.15, -0.1) is 0 Å². The molecule has 0 unspecified atom stereocenters. The van der Waals surface area contributed by atoms with Crippen molar-refractivity contribution in [3.8, 4) is 0 Å². The lowest BCUT2D eigenvalue weighted by molar-refractivity contribution is 0.0950. The smallest absolute Gasteiger partial charge is 0.319 e. The van der Waals surface area contributed by atoms with E-state index >= 15 is 0 Å². The molecule has 3 N–H and O–H groups in total. The second kappa shape index (κ2) is 8.05. The third-order valence-electron chi connectivity index (χ3n) is 1.89. The molecule has 0 atom stereocenters. The topological polar surface area (TPSA) is 70.6 Å². The van der Waals surface area contributed by atoms with Gasteiger partial charge in [0, 0.05) is 11.0 Å². The second-order valence-corrected chi connectivity index (χ2v) is 4.05. The van der Waals surface area contributed by atoms with Crippen molar-refractivity contribution in [1.82, 2.24) is 5.32 Å². The van der Waals surface area contributed by atoms with Gasteiger partial charge in [-0.2, -0.15) is 0 Å². The summed E-state index contributed by atoms with van der Waals surface area (Å²) in [6.07, 6.45) is 0. The first-order valence-electron chi connectivity index (χ1n) is 5.22. The Balaban J connectivity index is 2.23. The lowest BCUT2D eigenvalue weighted by atomic mass is 10.3. The first-order valence-corrected chi connectivity index (χ1v) is 6.01. The summed E-state index contributed by atoms with van der Waals surface area (Å²) >= 11 is 3.33. The second-order valence-electron chi connectivity index (χ2n) is 3.20. The minimum atomic E-state index is -0.288. The predicted octanol–water partition coefficient (Wildman–Crippen LogP) is 1.58. The van der Waals surface area contributed by atoms with Crippen LogP contribution in [-0.4, -0.2) is 37.5 Å². The number of halogens is 1. The molecule has 1 aromatic rings. The maximum atomic E-state index is 11.4. The zero-order valence-corrected chi connectivity index (χ0v) is 10.9. The third kappa shape index (κ3) is 5.67. The summed E-state index contributed by atoms with van der Waals surface area (Å²) in [7, 11) is 0. The van der Waals surface area contributed by atoms with Crippen LogP contribution in [0, 0.1) is 0 Å². The van der Waals surface area contributed by atoms with Crippen LogP contribution in [0.1, 0.15) is 0 Å². The zero-order valence-electron chi connectivity index (χ0n) is 9.28. The average Bonchev–Trinajstić information content (AvgIpc) is 2.32. The molecule has 0 aliphatic carbocycles. The molecule has 0 bridgehead atoms. The summed E-state index contributed by atoms with van der Waals surface area (Å²) in [5, 5.41) is 13.8. The molecule has 0 saturated heterocycles. The van der Waals surface area contributed by atoms with E-state index in [1.54, 1.807) is 6.07 Å². The molecule has 0 aliphatic heterocycles. The van der Waals surface area contributed by atoms with Crippen molar-refractivity contribution in [2.75, 3.05) is 31.7 Å². The highest BCUT2D eigenvalue weighted by Gasteiger charge is 2.03. The summed E-state index contributed by atoms with van der Waals surface area (Å²) in [6.45, 7) is 1.05. The summed E-state index contributed by atoms with van der Waals surface area (Å²) < 4.78 is 5.83. The number of carbonyl (C=O) groups excluding carboxylic acids is 1. The standard InChI is InChI=1S/C11H15BrN2O3/c12-9-3-1-2-4-10(9)14-11(16)13-5-7-17-8-6-15/h1-4,15H,5-8H2,(H2,13,14,16). The number of rotatable bonds is 6. The van der Waals surface area contributed by atoms with Gasteiger partial charge in [0.05, 0.1) is 25.5 Å². The Labute approximate surface area is 108 Å². The van der Waals surface area contributed by atoms with Crippen molar-refractivity contribution < 1.29 is 14.6 Å². The largest absolute Gasteiger partial charge is 0.394 e. The van der Waals surface area contributed by atoms with E-state index < -0.39 is 0 Å². The van der Waals surface area contributed by atoms with E-state index in [0.29, 0.717) is 18.8 Å². The first kappa shape index (κ1) is 14.0. The van der Waals surface area contributed by atoms with Crippen LogP contribution < -0.4 is 10.6 Å². The Bertz CT molecular complexity index is 360. The summed E-state index contributed by atoms with van der Waals surface area (Å²) in [6, 6.07) is 7.07. The van der Waals surface area contributed by atoms with Gasteiger partial charge < -0.3 is 20.5 Å². The number of benzene rings is 1. The molecule has 2 amide bonds. The summed E-state index contributed by atoms with van der Waals surface area (Å²) in [5.41, 5.74) is 0.710. The van der Waals surface area contributed by atoms with Gasteiger partial charge in [-0.25, -0.2) is 4.79 Å². The maximum absolute atomic E-state index is 11.4. The van der Waals surface area contributed by atoms with Crippen LogP contribution in [0.3, 0.4) is 0 Å². The third-order valence-corrected chi connectivity index (χ3v) is 2.58. The Morgan fingerprint density at radius 3 is 2.82 bits per heavy atom. The van der Waals surface area contributed by atoms with Crippen molar-refractivity contribution >= 4 is 27.6 Å². The lowest BCUT2D eigenvalue weighted by Gasteiger charge is -2.08. The molecule has 0 spiro atoms. The Morgan fingerprint density at radius 2 is 2.12 bits per heavy atom. The molecule has 0 aromatic heterocycles. The number of para-hydroxylation sites is 1. The fourth-order valence-electron chi connectivity index (χ4n) is 1.13. The molecular formula is C11H15BrN2O3. The van der Waals surface area contributed by atoms with Gasteiger partial charge in [-0.05, 0) is 28.1 Å². The van der Waals surface area contributed by atoms with E-state index in [4.69, 9.17) is 9.84 Å². The number of ether oxygens (including phenoxy) is 1. The van der Waals surface area contributed by atoms with Crippen LogP contribution in [-0.2, 0) is 4.74 Å². The first-order chi connectivity index (χ1) is 8.24. The highest BCUT2D eigenvalue weighted by molar-refractivity contribution is 9.10. The zero-order chi connectivity index (χ0) is 12.5. The van der Waals surface area contributed by atoms with Crippen molar-refractivity contribution in [2.45, 2.75) is 0 Å². The van der Waals surface area contributed by atoms with E-state index in [1.165, 1.54) is 0 Å². The number of hydrogen-bond acceptors (Lipinski definition) is 3. The Hall–Kier alpha value is -1.11. The number of urea groups is 1. The van der Waals surface area contributed by atoms with Crippen molar-refractivity contribution in [3.05, 3.63) is 28.7 Å². The minimum absolute atomic E-state index is 0.0108. The van der Waals surface area contributed by atoms with Gasteiger partial charge in [-0.1, -0.05) is 12.1 Å². The molecule has 0 radical (unpaired) electrons. The number of anilines is 1. The normalized spacial score (nSPS) is 10.0. The van der Waals surface area contributed by atoms with Gasteiger partial charge in [0.15, 0.2) is 0 Å². The molecule has 6 heteroatoms. The number of aliphatic hydroxyl groups is 1. The number of carbonyl (C=O) groups is 1. The van der Waals surface area contributed by atoms with Gasteiger partial charge >= 0.3 is 6.03 Å². The predicted molar refractivity (Wildman–Crippen MR) is 69.1 cm³/mol. The van der Waals surface area contributed by atoms with Crippen LogP contribution in [0.15, 0.2) is 28.7 Å². The monoisotopic (exact) mass is 302 g/mol. The number of hydrogen-bond donors (Lipinski definition) is 3. The summed E-state index contributed by atoms with van der Waals surface area (Å²) in [5.74, 6) is 0. The summed E-state index contributed by atoms with van der Waals surface area (Å²) in [4.78, 5) is 11.4. The molecule has 1 aromatic carbocycles. The average molecular weight is 303 g/mol. The van der Waals surface area contributed by atoms with Crippen LogP contribution in [0.25, 0.3) is 0 Å². The van der Waals surface area contributed by atoms with Crippen LogP contribution >= 0.6 is 15.9 Å². The molecule has 0 fully saturated rings. The molecule has 94 valence electrons. The highest BCUT2D eigenvalue weighted by Crippen LogP contribution is 2.20. The van der Waals surface area contributed by atoms with E-state index in [1.807, 2.05) is 18.2 Å². The molecule has 17 heavy (non-hydrogen) atoms. The molecule has 0 saturated carbocycles. The van der Waals surface area contributed by atoms with Crippen LogP contribution in [0.4, 0.5) is 10.5 Å². The van der Waals surface area contributed by atoms with Crippen LogP contribution in [0.2, 0.25) is 0 Å². The van der Waals surface area contributed by atoms with Crippen molar-refractivity contribution in [1.29, 1.82) is 0 Å². The molecule has 5 nitrogen and oxygen atoms in total. The van der Waals surface area contributed by atoms with E-state index in [9.17, 15) is 4.79 Å². The highest BCUT2D eigenvalue weighted by atomic mass is 79.9. The van der Waals surface area contributed by atoms with Gasteiger partial charge in [0.1, 0.15) is 0 Å². The van der Waals surface area contributed by atoms with Gasteiger partial charge in [0.2, 0.25) is 0 Å². The van der Waals surface area contributed by atoms with E-state index in [-0.39, 0.29) is 19.2 Å². The fraction of sp³-hybridized carbons (Fsp3) is 0.364. The lowest BCUT2D eigenvalue weighted by Crippen LogP contribution is -2.31. The number of nitrogens with one attached hydrogen (secondary N) is 2.